The number of benzene rings is 1. The van der Waals surface area contributed by atoms with E-state index in [-0.39, 0.29) is 0 Å². The Morgan fingerprint density at radius 2 is 2.06 bits per heavy atom. The van der Waals surface area contributed by atoms with Crippen LogP contribution in [0.2, 0.25) is 0 Å². The Labute approximate surface area is 93.9 Å². The second-order valence-electron chi connectivity index (χ2n) is 4.95. The first-order chi connectivity index (χ1) is 7.88. The Morgan fingerprint density at radius 3 is 2.81 bits per heavy atom. The van der Waals surface area contributed by atoms with Crippen LogP contribution in [0, 0.1) is 5.92 Å². The van der Waals surface area contributed by atoms with Gasteiger partial charge in [-0.25, -0.2) is 0 Å². The molecule has 0 radical (unpaired) electrons. The number of nitrogens with zero attached hydrogens (tertiary/aromatic N) is 2. The molecule has 0 unspecified atom stereocenters. The smallest absolute Gasteiger partial charge is 0.0889 e. The minimum Gasteiger partial charge on any atom is -0.316 e. The molecule has 0 bridgehead atoms. The summed E-state index contributed by atoms with van der Waals surface area (Å²) in [4.78, 5) is 8.69. The first-order valence-electron chi connectivity index (χ1n) is 5.80. The van der Waals surface area contributed by atoms with Crippen molar-refractivity contribution in [2.75, 3.05) is 13.1 Å². The fourth-order valence-corrected chi connectivity index (χ4v) is 3.06. The van der Waals surface area contributed by atoms with Crippen LogP contribution < -0.4 is 5.32 Å². The lowest BCUT2D eigenvalue weighted by Crippen LogP contribution is -2.19. The van der Waals surface area contributed by atoms with E-state index in [0.29, 0.717) is 5.41 Å². The molecule has 0 amide bonds. The summed E-state index contributed by atoms with van der Waals surface area (Å²) in [6, 6.07) is 6.54. The molecule has 4 rings (SSSR count). The van der Waals surface area contributed by atoms with Crippen molar-refractivity contribution < 1.29 is 0 Å². The molecule has 1 aromatic heterocycles. The van der Waals surface area contributed by atoms with Crippen LogP contribution in [0.3, 0.4) is 0 Å². The van der Waals surface area contributed by atoms with Gasteiger partial charge in [0.15, 0.2) is 0 Å². The zero-order valence-corrected chi connectivity index (χ0v) is 8.98. The average molecular weight is 211 g/mol. The molecule has 1 N–H and O–H groups in total. The van der Waals surface area contributed by atoms with Gasteiger partial charge in [-0.3, -0.25) is 9.97 Å². The fraction of sp³-hybridized carbons (Fsp3) is 0.385. The largest absolute Gasteiger partial charge is 0.316 e. The van der Waals surface area contributed by atoms with Gasteiger partial charge in [-0.1, -0.05) is 6.07 Å². The van der Waals surface area contributed by atoms with E-state index in [4.69, 9.17) is 0 Å². The first-order valence-corrected chi connectivity index (χ1v) is 5.80. The zero-order valence-electron chi connectivity index (χ0n) is 8.98. The number of nitrogens with one attached hydrogen (secondary N) is 1. The van der Waals surface area contributed by atoms with E-state index in [0.717, 1.165) is 23.5 Å². The van der Waals surface area contributed by atoms with Gasteiger partial charge in [0.25, 0.3) is 0 Å². The van der Waals surface area contributed by atoms with Gasteiger partial charge in [-0.2, -0.15) is 0 Å². The monoisotopic (exact) mass is 211 g/mol. The van der Waals surface area contributed by atoms with Crippen LogP contribution in [0.1, 0.15) is 12.0 Å². The topological polar surface area (TPSA) is 37.8 Å². The van der Waals surface area contributed by atoms with Crippen molar-refractivity contribution in [1.82, 2.24) is 15.3 Å². The van der Waals surface area contributed by atoms with Crippen molar-refractivity contribution in [3.05, 3.63) is 36.2 Å². The molecule has 1 aliphatic carbocycles. The molecule has 0 spiro atoms. The maximum absolute atomic E-state index is 4.38. The number of hydrogen-bond donors (Lipinski definition) is 1. The fourth-order valence-electron chi connectivity index (χ4n) is 3.06. The first kappa shape index (κ1) is 8.65. The Balaban J connectivity index is 1.87. The molecule has 2 atom stereocenters. The summed E-state index contributed by atoms with van der Waals surface area (Å²) in [5, 5.41) is 3.47. The molecule has 1 saturated carbocycles. The zero-order chi connectivity index (χ0) is 10.6. The van der Waals surface area contributed by atoms with Gasteiger partial charge in [0, 0.05) is 24.4 Å². The van der Waals surface area contributed by atoms with Crippen LogP contribution in [-0.2, 0) is 5.41 Å². The van der Waals surface area contributed by atoms with Crippen LogP contribution in [0.4, 0.5) is 0 Å². The van der Waals surface area contributed by atoms with E-state index >= 15 is 0 Å². The molecule has 2 heterocycles. The SMILES string of the molecule is c1cnc2cc([C@@]34CNC[C@@H]3C4)ccc2n1. The Morgan fingerprint density at radius 1 is 1.19 bits per heavy atom. The molecule has 1 aromatic carbocycles. The minimum atomic E-state index is 0.422. The van der Waals surface area contributed by atoms with E-state index in [2.05, 4.69) is 33.5 Å². The van der Waals surface area contributed by atoms with Gasteiger partial charge >= 0.3 is 0 Å². The summed E-state index contributed by atoms with van der Waals surface area (Å²) >= 11 is 0. The number of hydrogen-bond acceptors (Lipinski definition) is 3. The molecule has 1 aliphatic heterocycles. The molecular weight excluding hydrogens is 198 g/mol. The number of aromatic nitrogens is 2. The molecule has 3 heteroatoms. The summed E-state index contributed by atoms with van der Waals surface area (Å²) in [5.74, 6) is 0.849. The lowest BCUT2D eigenvalue weighted by atomic mass is 9.95. The summed E-state index contributed by atoms with van der Waals surface area (Å²) in [6.07, 6.45) is 4.85. The highest BCUT2D eigenvalue weighted by Gasteiger charge is 2.57. The molecule has 2 aliphatic rings. The predicted octanol–water partition coefficient (Wildman–Crippen LogP) is 1.49. The molecular formula is C13H13N3. The molecule has 2 fully saturated rings. The van der Waals surface area contributed by atoms with Crippen LogP contribution in [0.15, 0.2) is 30.6 Å². The van der Waals surface area contributed by atoms with Crippen LogP contribution in [0.25, 0.3) is 11.0 Å². The van der Waals surface area contributed by atoms with Gasteiger partial charge < -0.3 is 5.32 Å². The second kappa shape index (κ2) is 2.80. The van der Waals surface area contributed by atoms with Gasteiger partial charge in [-0.15, -0.1) is 0 Å². The van der Waals surface area contributed by atoms with Crippen molar-refractivity contribution in [3.63, 3.8) is 0 Å². The lowest BCUT2D eigenvalue weighted by Gasteiger charge is -2.12. The highest BCUT2D eigenvalue weighted by atomic mass is 15.0. The maximum Gasteiger partial charge on any atom is 0.0889 e. The average Bonchev–Trinajstić information content (AvgIpc) is 2.92. The van der Waals surface area contributed by atoms with E-state index in [1.54, 1.807) is 12.4 Å². The molecule has 2 aromatic rings. The van der Waals surface area contributed by atoms with E-state index < -0.39 is 0 Å². The Bertz CT molecular complexity index is 566. The number of rotatable bonds is 1. The predicted molar refractivity (Wildman–Crippen MR) is 62.2 cm³/mol. The van der Waals surface area contributed by atoms with Crippen molar-refractivity contribution in [2.45, 2.75) is 11.8 Å². The molecule has 1 saturated heterocycles. The van der Waals surface area contributed by atoms with Crippen LogP contribution in [0.5, 0.6) is 0 Å². The van der Waals surface area contributed by atoms with Crippen molar-refractivity contribution in [1.29, 1.82) is 0 Å². The van der Waals surface area contributed by atoms with Crippen LogP contribution in [-0.4, -0.2) is 23.1 Å². The van der Waals surface area contributed by atoms with Crippen molar-refractivity contribution >= 4 is 11.0 Å². The third-order valence-corrected chi connectivity index (χ3v) is 4.11. The normalized spacial score (nSPS) is 31.6. The number of piperidine rings is 1. The van der Waals surface area contributed by atoms with Crippen molar-refractivity contribution in [2.24, 2.45) is 5.92 Å². The van der Waals surface area contributed by atoms with Gasteiger partial charge in [0.05, 0.1) is 11.0 Å². The van der Waals surface area contributed by atoms with Gasteiger partial charge in [0.1, 0.15) is 0 Å². The van der Waals surface area contributed by atoms with Gasteiger partial charge in [0.2, 0.25) is 0 Å². The van der Waals surface area contributed by atoms with Crippen molar-refractivity contribution in [3.8, 4) is 0 Å². The Hall–Kier alpha value is -1.48. The van der Waals surface area contributed by atoms with E-state index in [1.165, 1.54) is 18.5 Å². The van der Waals surface area contributed by atoms with Gasteiger partial charge in [-0.05, 0) is 36.6 Å². The lowest BCUT2D eigenvalue weighted by molar-refractivity contribution is 0.676. The quantitative estimate of drug-likeness (QED) is 0.776. The molecule has 3 nitrogen and oxygen atoms in total. The minimum absolute atomic E-state index is 0.422. The van der Waals surface area contributed by atoms with E-state index in [9.17, 15) is 0 Å². The molecule has 80 valence electrons. The third kappa shape index (κ3) is 1.01. The summed E-state index contributed by atoms with van der Waals surface area (Å²) < 4.78 is 0. The van der Waals surface area contributed by atoms with E-state index in [1.807, 2.05) is 0 Å². The Kier molecular flexibility index (Phi) is 1.51. The summed E-state index contributed by atoms with van der Waals surface area (Å²) in [5.41, 5.74) is 3.87. The summed E-state index contributed by atoms with van der Waals surface area (Å²) in [7, 11) is 0. The highest BCUT2D eigenvalue weighted by molar-refractivity contribution is 5.75. The second-order valence-corrected chi connectivity index (χ2v) is 4.95. The maximum atomic E-state index is 4.38. The highest BCUT2D eigenvalue weighted by Crippen LogP contribution is 2.56. The number of fused-ring (bicyclic) bond motifs is 2. The van der Waals surface area contributed by atoms with Crippen LogP contribution >= 0.6 is 0 Å². The summed E-state index contributed by atoms with van der Waals surface area (Å²) in [6.45, 7) is 2.31. The third-order valence-electron chi connectivity index (χ3n) is 4.11. The molecule has 16 heavy (non-hydrogen) atoms. The standard InChI is InChI=1S/C13H13N3/c1-2-11-12(16-4-3-15-11)5-9(1)13-6-10(13)7-14-8-13/h1-5,10,14H,6-8H2/t10-,13+/m0/s1.